The minimum atomic E-state index is -3.48. The Labute approximate surface area is 267 Å². The first kappa shape index (κ1) is 37.8. The van der Waals surface area contributed by atoms with Crippen molar-refractivity contribution in [2.45, 2.75) is 102 Å². The Bertz CT molecular complexity index is 1270. The molecular formula is C32H50N2O10S. The lowest BCUT2D eigenvalue weighted by molar-refractivity contribution is -0.149. The van der Waals surface area contributed by atoms with Gasteiger partial charge in [-0.1, -0.05) is 25.1 Å². The molecule has 2 aliphatic heterocycles. The van der Waals surface area contributed by atoms with Gasteiger partial charge in [0.2, 0.25) is 0 Å². The van der Waals surface area contributed by atoms with Crippen LogP contribution in [0.4, 0.5) is 9.59 Å². The van der Waals surface area contributed by atoms with E-state index in [9.17, 15) is 27.6 Å². The standard InChI is InChI=1S/C19H27NO6S.C13H23NO4/c1-19(2,3)26-18(22)20-12-14(10-11-16(20)17(21)25-4)13-27(23,24)15-8-6-5-7-9-15;1-9-6-7-10(11(15)17-5)14(8-9)12(16)18-13(2,3)4/h5-9,14,16H,10-13H2,1-4H3;9-10H,6-8H2,1-5H3/t14-,16+;9-,10-/m10/s1. The van der Waals surface area contributed by atoms with E-state index < -0.39 is 51.3 Å². The highest BCUT2D eigenvalue weighted by molar-refractivity contribution is 7.91. The van der Waals surface area contributed by atoms with Gasteiger partial charge in [-0.2, -0.15) is 0 Å². The van der Waals surface area contributed by atoms with Gasteiger partial charge >= 0.3 is 24.1 Å². The fraction of sp³-hybridized carbons (Fsp3) is 0.688. The molecule has 2 fully saturated rings. The van der Waals surface area contributed by atoms with Crippen LogP contribution in [0.1, 0.15) is 74.1 Å². The number of sulfone groups is 1. The molecule has 254 valence electrons. The Morgan fingerprint density at radius 3 is 1.62 bits per heavy atom. The molecule has 1 aromatic carbocycles. The number of ether oxygens (including phenoxy) is 4. The van der Waals surface area contributed by atoms with E-state index in [1.165, 1.54) is 24.0 Å². The molecule has 12 nitrogen and oxygen atoms in total. The first-order chi connectivity index (χ1) is 20.8. The number of carbonyl (C=O) groups is 4. The molecule has 2 heterocycles. The summed E-state index contributed by atoms with van der Waals surface area (Å²) in [5, 5.41) is 0. The number of rotatable bonds is 5. The first-order valence-corrected chi connectivity index (χ1v) is 16.9. The SMILES string of the molecule is COC(=O)[C@@H]1CC[C@@H](CS(=O)(=O)c2ccccc2)CN1C(=O)OC(C)(C)C.COC(=O)[C@@H]1CC[C@H](C)CN1C(=O)OC(C)(C)C. The van der Waals surface area contributed by atoms with Crippen LogP contribution < -0.4 is 0 Å². The molecule has 13 heteroatoms. The van der Waals surface area contributed by atoms with Gasteiger partial charge in [0.05, 0.1) is 24.9 Å². The molecule has 0 radical (unpaired) electrons. The molecule has 0 spiro atoms. The molecule has 0 unspecified atom stereocenters. The minimum absolute atomic E-state index is 0.0931. The van der Waals surface area contributed by atoms with Gasteiger partial charge in [-0.05, 0) is 91.2 Å². The third kappa shape index (κ3) is 11.8. The number of carbonyl (C=O) groups excluding carboxylic acids is 4. The topological polar surface area (TPSA) is 146 Å². The number of esters is 2. The van der Waals surface area contributed by atoms with Crippen molar-refractivity contribution in [3.05, 3.63) is 30.3 Å². The van der Waals surface area contributed by atoms with Crippen LogP contribution in [0.2, 0.25) is 0 Å². The van der Waals surface area contributed by atoms with Crippen molar-refractivity contribution >= 4 is 34.0 Å². The van der Waals surface area contributed by atoms with E-state index in [4.69, 9.17) is 18.9 Å². The van der Waals surface area contributed by atoms with Crippen LogP contribution >= 0.6 is 0 Å². The molecule has 1 aromatic rings. The number of likely N-dealkylation sites (tertiary alicyclic amines) is 2. The highest BCUT2D eigenvalue weighted by atomic mass is 32.2. The van der Waals surface area contributed by atoms with Crippen molar-refractivity contribution in [3.8, 4) is 0 Å². The fourth-order valence-electron chi connectivity index (χ4n) is 5.18. The second-order valence-electron chi connectivity index (χ2n) is 13.6. The lowest BCUT2D eigenvalue weighted by atomic mass is 9.94. The Morgan fingerprint density at radius 1 is 0.733 bits per heavy atom. The van der Waals surface area contributed by atoms with Crippen LogP contribution in [0.3, 0.4) is 0 Å². The van der Waals surface area contributed by atoms with Crippen molar-refractivity contribution in [1.82, 2.24) is 9.80 Å². The average molecular weight is 655 g/mol. The van der Waals surface area contributed by atoms with E-state index in [1.807, 2.05) is 20.8 Å². The predicted octanol–water partition coefficient (Wildman–Crippen LogP) is 4.84. The van der Waals surface area contributed by atoms with Crippen LogP contribution in [-0.4, -0.2) is 98.7 Å². The monoisotopic (exact) mass is 654 g/mol. The molecule has 0 aliphatic carbocycles. The van der Waals surface area contributed by atoms with E-state index in [1.54, 1.807) is 51.1 Å². The molecule has 0 aromatic heterocycles. The van der Waals surface area contributed by atoms with Gasteiger partial charge in [-0.25, -0.2) is 27.6 Å². The van der Waals surface area contributed by atoms with E-state index in [0.29, 0.717) is 31.7 Å². The normalized spacial score (nSPS) is 22.3. The summed E-state index contributed by atoms with van der Waals surface area (Å²) in [6.45, 7) is 13.4. The number of methoxy groups -OCH3 is 2. The lowest BCUT2D eigenvalue weighted by Crippen LogP contribution is -2.53. The fourth-order valence-corrected chi connectivity index (χ4v) is 6.83. The number of hydrogen-bond acceptors (Lipinski definition) is 10. The summed E-state index contributed by atoms with van der Waals surface area (Å²) in [6, 6.07) is 6.94. The molecule has 45 heavy (non-hydrogen) atoms. The van der Waals surface area contributed by atoms with Crippen molar-refractivity contribution in [2.75, 3.05) is 33.1 Å². The summed E-state index contributed by atoms with van der Waals surface area (Å²) in [5.41, 5.74) is -1.28. The quantitative estimate of drug-likeness (QED) is 0.319. The van der Waals surface area contributed by atoms with Gasteiger partial charge in [0.15, 0.2) is 9.84 Å². The molecule has 2 amide bonds. The molecule has 2 saturated heterocycles. The van der Waals surface area contributed by atoms with Gasteiger partial charge in [-0.3, -0.25) is 9.80 Å². The zero-order valence-electron chi connectivity index (χ0n) is 28.0. The number of amides is 2. The summed E-state index contributed by atoms with van der Waals surface area (Å²) in [6.07, 6.45) is 1.31. The summed E-state index contributed by atoms with van der Waals surface area (Å²) in [5.74, 6) is -0.899. The van der Waals surface area contributed by atoms with Gasteiger partial charge in [0, 0.05) is 13.1 Å². The number of nitrogens with zero attached hydrogens (tertiary/aromatic N) is 2. The molecule has 0 N–H and O–H groups in total. The van der Waals surface area contributed by atoms with Crippen LogP contribution in [0.25, 0.3) is 0 Å². The summed E-state index contributed by atoms with van der Waals surface area (Å²) in [7, 11) is -0.876. The second kappa shape index (κ2) is 15.8. The Morgan fingerprint density at radius 2 is 1.18 bits per heavy atom. The second-order valence-corrected chi connectivity index (χ2v) is 15.6. The van der Waals surface area contributed by atoms with Gasteiger partial charge in [-0.15, -0.1) is 0 Å². The first-order valence-electron chi connectivity index (χ1n) is 15.2. The van der Waals surface area contributed by atoms with E-state index >= 15 is 0 Å². The summed E-state index contributed by atoms with van der Waals surface area (Å²) in [4.78, 5) is 51.5. The predicted molar refractivity (Wildman–Crippen MR) is 167 cm³/mol. The minimum Gasteiger partial charge on any atom is -0.467 e. The molecule has 4 atom stereocenters. The van der Waals surface area contributed by atoms with Crippen molar-refractivity contribution < 1.29 is 46.5 Å². The molecule has 0 bridgehead atoms. The third-order valence-electron chi connectivity index (χ3n) is 7.26. The Hall–Kier alpha value is -3.35. The number of hydrogen-bond donors (Lipinski definition) is 0. The highest BCUT2D eigenvalue weighted by Gasteiger charge is 2.40. The van der Waals surface area contributed by atoms with Crippen molar-refractivity contribution in [3.63, 3.8) is 0 Å². The van der Waals surface area contributed by atoms with Gasteiger partial charge in [0.25, 0.3) is 0 Å². The van der Waals surface area contributed by atoms with Crippen LogP contribution in [0.15, 0.2) is 35.2 Å². The zero-order valence-corrected chi connectivity index (χ0v) is 28.8. The van der Waals surface area contributed by atoms with E-state index in [0.717, 1.165) is 6.42 Å². The Balaban J connectivity index is 0.000000341. The highest BCUT2D eigenvalue weighted by Crippen LogP contribution is 2.28. The van der Waals surface area contributed by atoms with Crippen LogP contribution in [0, 0.1) is 11.8 Å². The maximum atomic E-state index is 12.7. The van der Waals surface area contributed by atoms with Crippen LogP contribution in [0.5, 0.6) is 0 Å². The summed E-state index contributed by atoms with van der Waals surface area (Å²) < 4.78 is 45.6. The third-order valence-corrected chi connectivity index (χ3v) is 9.16. The van der Waals surface area contributed by atoms with Crippen molar-refractivity contribution in [1.29, 1.82) is 0 Å². The zero-order chi connectivity index (χ0) is 34.2. The lowest BCUT2D eigenvalue weighted by Gasteiger charge is -2.38. The maximum absolute atomic E-state index is 12.7. The number of piperidine rings is 2. The van der Waals surface area contributed by atoms with Gasteiger partial charge < -0.3 is 18.9 Å². The van der Waals surface area contributed by atoms with E-state index in [2.05, 4.69) is 6.92 Å². The molecule has 0 saturated carbocycles. The maximum Gasteiger partial charge on any atom is 0.411 e. The molecule has 2 aliphatic rings. The average Bonchev–Trinajstić information content (AvgIpc) is 2.95. The van der Waals surface area contributed by atoms with Gasteiger partial charge in [0.1, 0.15) is 23.3 Å². The largest absolute Gasteiger partial charge is 0.467 e. The smallest absolute Gasteiger partial charge is 0.411 e. The van der Waals surface area contributed by atoms with Crippen LogP contribution in [-0.2, 0) is 38.4 Å². The number of benzene rings is 1. The van der Waals surface area contributed by atoms with Crippen molar-refractivity contribution in [2.24, 2.45) is 11.8 Å². The Kier molecular flexibility index (Phi) is 13.3. The van der Waals surface area contributed by atoms with E-state index in [-0.39, 0.29) is 29.1 Å². The molecular weight excluding hydrogens is 604 g/mol. The molecule has 3 rings (SSSR count). The summed E-state index contributed by atoms with van der Waals surface area (Å²) >= 11 is 0.